The monoisotopic (exact) mass is 353 g/mol. The van der Waals surface area contributed by atoms with Crippen molar-refractivity contribution in [2.45, 2.75) is 0 Å². The quantitative estimate of drug-likeness (QED) is 0.474. The summed E-state index contributed by atoms with van der Waals surface area (Å²) < 4.78 is 5.38. The Balaban J connectivity index is 1.46. The van der Waals surface area contributed by atoms with Crippen molar-refractivity contribution in [3.8, 4) is 22.6 Å². The summed E-state index contributed by atoms with van der Waals surface area (Å²) in [6.07, 6.45) is 14.5. The van der Waals surface area contributed by atoms with Crippen LogP contribution in [0.3, 0.4) is 0 Å². The Hall–Kier alpha value is -4.14. The Morgan fingerprint density at radius 1 is 0.704 bits per heavy atom. The number of imidazole rings is 2. The molecular weight excluding hydrogens is 342 g/mol. The van der Waals surface area contributed by atoms with Crippen molar-refractivity contribution < 1.29 is 0 Å². The minimum atomic E-state index is 0.722. The predicted molar refractivity (Wildman–Crippen MR) is 96.9 cm³/mol. The minimum Gasteiger partial charge on any atom is -0.304 e. The normalized spacial score (nSPS) is 11.7. The van der Waals surface area contributed by atoms with Gasteiger partial charge in [-0.05, 0) is 12.1 Å². The average molecular weight is 353 g/mol. The third kappa shape index (κ3) is 2.18. The van der Waals surface area contributed by atoms with E-state index in [0.29, 0.717) is 0 Å². The molecule has 27 heavy (non-hydrogen) atoms. The number of rotatable bonds is 2. The van der Waals surface area contributed by atoms with Gasteiger partial charge in [0.2, 0.25) is 0 Å². The molecule has 0 aliphatic heterocycles. The summed E-state index contributed by atoms with van der Waals surface area (Å²) in [5.41, 5.74) is 5.48. The zero-order valence-electron chi connectivity index (χ0n) is 13.9. The maximum atomic E-state index is 4.67. The van der Waals surface area contributed by atoms with Gasteiger partial charge in [0.05, 0.1) is 24.3 Å². The zero-order valence-corrected chi connectivity index (χ0v) is 13.9. The van der Waals surface area contributed by atoms with E-state index in [1.54, 1.807) is 33.8 Å². The van der Waals surface area contributed by atoms with Gasteiger partial charge in [-0.2, -0.15) is 10.2 Å². The van der Waals surface area contributed by atoms with Gasteiger partial charge in [0.15, 0.2) is 16.9 Å². The lowest BCUT2D eigenvalue weighted by molar-refractivity contribution is 0.925. The predicted octanol–water partition coefficient (Wildman–Crippen LogP) is 2.15. The van der Waals surface area contributed by atoms with Gasteiger partial charge in [0, 0.05) is 42.6 Å². The zero-order chi connectivity index (χ0) is 17.8. The van der Waals surface area contributed by atoms with E-state index in [0.717, 1.165) is 39.6 Å². The van der Waals surface area contributed by atoms with Crippen LogP contribution < -0.4 is 0 Å². The second-order valence-corrected chi connectivity index (χ2v) is 6.09. The Morgan fingerprint density at radius 2 is 1.67 bits per heavy atom. The molecule has 0 atom stereocenters. The fraction of sp³-hybridized carbons (Fsp3) is 0. The molecule has 0 saturated carbocycles. The highest BCUT2D eigenvalue weighted by molar-refractivity contribution is 5.68. The van der Waals surface area contributed by atoms with Crippen molar-refractivity contribution >= 4 is 16.9 Å². The van der Waals surface area contributed by atoms with Gasteiger partial charge in [-0.25, -0.2) is 29.0 Å². The van der Waals surface area contributed by atoms with Crippen LogP contribution in [0.1, 0.15) is 0 Å². The average Bonchev–Trinajstić information content (AvgIpc) is 3.42. The first kappa shape index (κ1) is 14.1. The van der Waals surface area contributed by atoms with Crippen LogP contribution in [0.15, 0.2) is 67.8 Å². The first-order valence-corrected chi connectivity index (χ1v) is 8.29. The van der Waals surface area contributed by atoms with Crippen molar-refractivity contribution in [2.24, 2.45) is 0 Å². The molecule has 9 heteroatoms. The lowest BCUT2D eigenvalue weighted by Crippen LogP contribution is -1.91. The summed E-state index contributed by atoms with van der Waals surface area (Å²) in [6.45, 7) is 0. The van der Waals surface area contributed by atoms with Gasteiger partial charge in [-0.15, -0.1) is 0 Å². The molecule has 0 aliphatic rings. The number of aromatic nitrogens is 9. The molecule has 0 radical (unpaired) electrons. The Bertz CT molecular complexity index is 1410. The SMILES string of the molecule is c1cnc2cc(-c3cnn4cc(-c5cn6ccnc6cn5)nc4c3)nn2c1. The van der Waals surface area contributed by atoms with Gasteiger partial charge in [0.25, 0.3) is 0 Å². The summed E-state index contributed by atoms with van der Waals surface area (Å²) in [7, 11) is 0. The number of hydrogen-bond donors (Lipinski definition) is 0. The molecule has 0 fully saturated rings. The van der Waals surface area contributed by atoms with E-state index in [1.165, 1.54) is 0 Å². The summed E-state index contributed by atoms with van der Waals surface area (Å²) >= 11 is 0. The highest BCUT2D eigenvalue weighted by atomic mass is 15.3. The van der Waals surface area contributed by atoms with E-state index >= 15 is 0 Å². The van der Waals surface area contributed by atoms with Crippen LogP contribution >= 0.6 is 0 Å². The van der Waals surface area contributed by atoms with Crippen molar-refractivity contribution in [3.63, 3.8) is 0 Å². The molecule has 0 bridgehead atoms. The summed E-state index contributed by atoms with van der Waals surface area (Å²) in [6, 6.07) is 5.72. The maximum Gasteiger partial charge on any atom is 0.155 e. The lowest BCUT2D eigenvalue weighted by atomic mass is 10.2. The van der Waals surface area contributed by atoms with Gasteiger partial charge in [-0.1, -0.05) is 0 Å². The standard InChI is InChI=1S/C18H11N9/c1-2-19-16-7-13(24-26(16)4-1)12-6-17-23-15(11-27(17)22-8-12)14-10-25-5-3-20-18(25)9-21-14/h1-11H. The van der Waals surface area contributed by atoms with Crippen LogP contribution in [0.25, 0.3) is 39.6 Å². The van der Waals surface area contributed by atoms with Crippen molar-refractivity contribution in [3.05, 3.63) is 67.8 Å². The van der Waals surface area contributed by atoms with Crippen LogP contribution in [0.5, 0.6) is 0 Å². The van der Waals surface area contributed by atoms with E-state index in [1.807, 2.05) is 47.4 Å². The van der Waals surface area contributed by atoms with Gasteiger partial charge < -0.3 is 4.40 Å². The Labute approximate surface area is 151 Å². The minimum absolute atomic E-state index is 0.722. The van der Waals surface area contributed by atoms with Crippen LogP contribution in [0, 0.1) is 0 Å². The number of fused-ring (bicyclic) bond motifs is 3. The maximum absolute atomic E-state index is 4.67. The van der Waals surface area contributed by atoms with E-state index in [4.69, 9.17) is 0 Å². The molecule has 6 aromatic rings. The van der Waals surface area contributed by atoms with E-state index in [9.17, 15) is 0 Å². The smallest absolute Gasteiger partial charge is 0.155 e. The third-order valence-corrected chi connectivity index (χ3v) is 4.39. The van der Waals surface area contributed by atoms with Crippen molar-refractivity contribution in [2.75, 3.05) is 0 Å². The summed E-state index contributed by atoms with van der Waals surface area (Å²) in [5, 5.41) is 9.00. The first-order valence-electron chi connectivity index (χ1n) is 8.29. The fourth-order valence-electron chi connectivity index (χ4n) is 3.07. The molecule has 6 heterocycles. The molecule has 0 unspecified atom stereocenters. The lowest BCUT2D eigenvalue weighted by Gasteiger charge is -1.96. The molecular formula is C18H11N9. The topological polar surface area (TPSA) is 90.6 Å². The second kappa shape index (κ2) is 5.18. The Morgan fingerprint density at radius 3 is 2.63 bits per heavy atom. The molecule has 0 spiro atoms. The van der Waals surface area contributed by atoms with Gasteiger partial charge >= 0.3 is 0 Å². The van der Waals surface area contributed by atoms with Crippen LogP contribution in [-0.2, 0) is 0 Å². The molecule has 0 N–H and O–H groups in total. The van der Waals surface area contributed by atoms with Crippen molar-refractivity contribution in [1.82, 2.24) is 43.6 Å². The van der Waals surface area contributed by atoms with Crippen LogP contribution in [0.2, 0.25) is 0 Å². The first-order chi connectivity index (χ1) is 13.3. The van der Waals surface area contributed by atoms with Gasteiger partial charge in [0.1, 0.15) is 11.4 Å². The molecule has 0 saturated heterocycles. The third-order valence-electron chi connectivity index (χ3n) is 4.39. The molecule has 6 rings (SSSR count). The number of hydrogen-bond acceptors (Lipinski definition) is 6. The molecule has 6 aromatic heterocycles. The summed E-state index contributed by atoms with van der Waals surface area (Å²) in [4.78, 5) is 17.6. The summed E-state index contributed by atoms with van der Waals surface area (Å²) in [5.74, 6) is 0. The number of nitrogens with zero attached hydrogens (tertiary/aromatic N) is 9. The Kier molecular flexibility index (Phi) is 2.70. The molecule has 128 valence electrons. The van der Waals surface area contributed by atoms with Gasteiger partial charge in [-0.3, -0.25) is 0 Å². The highest BCUT2D eigenvalue weighted by Crippen LogP contribution is 2.22. The second-order valence-electron chi connectivity index (χ2n) is 6.09. The molecule has 0 aliphatic carbocycles. The van der Waals surface area contributed by atoms with Crippen LogP contribution in [0.4, 0.5) is 0 Å². The highest BCUT2D eigenvalue weighted by Gasteiger charge is 2.11. The van der Waals surface area contributed by atoms with Crippen LogP contribution in [-0.4, -0.2) is 43.6 Å². The molecule has 9 nitrogen and oxygen atoms in total. The molecule has 0 aromatic carbocycles. The van der Waals surface area contributed by atoms with Crippen molar-refractivity contribution in [1.29, 1.82) is 0 Å². The fourth-order valence-corrected chi connectivity index (χ4v) is 3.07. The van der Waals surface area contributed by atoms with E-state index in [-0.39, 0.29) is 0 Å². The largest absolute Gasteiger partial charge is 0.304 e. The van der Waals surface area contributed by atoms with E-state index in [2.05, 4.69) is 30.1 Å². The van der Waals surface area contributed by atoms with E-state index < -0.39 is 0 Å². The molecule has 0 amide bonds.